The van der Waals surface area contributed by atoms with Crippen LogP contribution in [-0.4, -0.2) is 12.2 Å². The van der Waals surface area contributed by atoms with Crippen LogP contribution in [0.15, 0.2) is 0 Å². The molecule has 0 aliphatic rings. The quantitative estimate of drug-likeness (QED) is 0.580. The fourth-order valence-corrected chi connectivity index (χ4v) is 0.254. The zero-order chi connectivity index (χ0) is 7.28. The lowest BCUT2D eigenvalue weighted by Crippen LogP contribution is -2.06. The molecule has 55 valence electrons. The fraction of sp³-hybridized carbons (Fsp3) is 0.857. The molecular weight excluding hydrogens is 116 g/mol. The van der Waals surface area contributed by atoms with E-state index in [1.807, 2.05) is 27.7 Å². The van der Waals surface area contributed by atoms with Crippen molar-refractivity contribution in [1.29, 1.82) is 0 Å². The van der Waals surface area contributed by atoms with E-state index in [0.29, 0.717) is 0 Å². The lowest BCUT2D eigenvalue weighted by atomic mass is 10.5. The van der Waals surface area contributed by atoms with E-state index in [0.717, 1.165) is 0 Å². The third-order valence-electron chi connectivity index (χ3n) is 0.655. The van der Waals surface area contributed by atoms with Crippen molar-refractivity contribution in [2.75, 3.05) is 0 Å². The van der Waals surface area contributed by atoms with Gasteiger partial charge in [-0.2, -0.15) is 0 Å². The van der Waals surface area contributed by atoms with E-state index in [1.165, 1.54) is 6.79 Å². The zero-order valence-electron chi connectivity index (χ0n) is 6.55. The summed E-state index contributed by atoms with van der Waals surface area (Å²) in [6.07, 6.45) is 0.424. The summed E-state index contributed by atoms with van der Waals surface area (Å²) in [6.45, 7) is 9.23. The monoisotopic (exact) mass is 131 g/mol. The van der Waals surface area contributed by atoms with E-state index in [9.17, 15) is 0 Å². The van der Waals surface area contributed by atoms with Gasteiger partial charge in [-0.05, 0) is 27.7 Å². The van der Waals surface area contributed by atoms with Crippen LogP contribution in [0, 0.1) is 6.79 Å². The third-order valence-corrected chi connectivity index (χ3v) is 0.655. The topological polar surface area (TPSA) is 18.5 Å². The van der Waals surface area contributed by atoms with Crippen LogP contribution in [0.3, 0.4) is 0 Å². The Morgan fingerprint density at radius 3 is 1.44 bits per heavy atom. The molecule has 0 aromatic carbocycles. The van der Waals surface area contributed by atoms with Gasteiger partial charge in [-0.25, -0.2) is 0 Å². The van der Waals surface area contributed by atoms with Crippen LogP contribution >= 0.6 is 0 Å². The molecule has 0 fully saturated rings. The molecule has 0 amide bonds. The van der Waals surface area contributed by atoms with Crippen LogP contribution in [0.4, 0.5) is 0 Å². The van der Waals surface area contributed by atoms with Gasteiger partial charge in [0.1, 0.15) is 0 Å². The normalized spacial score (nSPS) is 11.3. The molecule has 0 aliphatic carbocycles. The predicted octanol–water partition coefficient (Wildman–Crippen LogP) is 1.96. The van der Waals surface area contributed by atoms with Crippen LogP contribution in [0.1, 0.15) is 27.7 Å². The van der Waals surface area contributed by atoms with Gasteiger partial charge < -0.3 is 9.47 Å². The van der Waals surface area contributed by atoms with Crippen molar-refractivity contribution in [1.82, 2.24) is 0 Å². The van der Waals surface area contributed by atoms with E-state index < -0.39 is 0 Å². The van der Waals surface area contributed by atoms with Crippen LogP contribution in [0.2, 0.25) is 0 Å². The average molecular weight is 131 g/mol. The summed E-state index contributed by atoms with van der Waals surface area (Å²) >= 11 is 0. The Morgan fingerprint density at radius 1 is 0.889 bits per heavy atom. The standard InChI is InChI=1S/C7H15O2/c1-6(2)8-5-9-7(3)4/h5-7H,1-4H3. The predicted molar refractivity (Wildman–Crippen MR) is 36.7 cm³/mol. The Labute approximate surface area is 57.2 Å². The largest absolute Gasteiger partial charge is 0.345 e. The molecule has 0 atom stereocenters. The molecule has 0 unspecified atom stereocenters. The Bertz CT molecular complexity index is 51.9. The molecule has 0 aromatic heterocycles. The Kier molecular flexibility index (Phi) is 4.72. The second-order valence-electron chi connectivity index (χ2n) is 2.47. The van der Waals surface area contributed by atoms with Crippen LogP contribution in [-0.2, 0) is 9.47 Å². The number of rotatable bonds is 4. The lowest BCUT2D eigenvalue weighted by molar-refractivity contribution is -0.0310. The molecule has 0 bridgehead atoms. The summed E-state index contributed by atoms with van der Waals surface area (Å²) < 4.78 is 10.0. The minimum atomic E-state index is 0.212. The van der Waals surface area contributed by atoms with Gasteiger partial charge in [0.15, 0.2) is 0 Å². The maximum absolute atomic E-state index is 5.01. The van der Waals surface area contributed by atoms with Crippen LogP contribution in [0.5, 0.6) is 0 Å². The first-order valence-corrected chi connectivity index (χ1v) is 3.25. The van der Waals surface area contributed by atoms with Gasteiger partial charge in [-0.1, -0.05) is 0 Å². The average Bonchev–Trinajstić information content (AvgIpc) is 1.63. The summed E-state index contributed by atoms with van der Waals surface area (Å²) in [5.74, 6) is 0. The molecule has 0 aromatic rings. The maximum atomic E-state index is 5.01. The molecule has 2 nitrogen and oxygen atoms in total. The van der Waals surface area contributed by atoms with Gasteiger partial charge in [0.2, 0.25) is 6.79 Å². The molecule has 0 aliphatic heterocycles. The van der Waals surface area contributed by atoms with Crippen LogP contribution < -0.4 is 0 Å². The second-order valence-corrected chi connectivity index (χ2v) is 2.47. The van der Waals surface area contributed by atoms with E-state index >= 15 is 0 Å². The first-order chi connectivity index (χ1) is 4.13. The van der Waals surface area contributed by atoms with Crippen molar-refractivity contribution in [3.8, 4) is 0 Å². The van der Waals surface area contributed by atoms with Crippen molar-refractivity contribution >= 4 is 0 Å². The number of hydrogen-bond donors (Lipinski definition) is 0. The number of ether oxygens (including phenoxy) is 2. The minimum Gasteiger partial charge on any atom is -0.345 e. The van der Waals surface area contributed by atoms with Gasteiger partial charge in [-0.3, -0.25) is 0 Å². The number of hydrogen-bond acceptors (Lipinski definition) is 2. The van der Waals surface area contributed by atoms with E-state index in [2.05, 4.69) is 0 Å². The van der Waals surface area contributed by atoms with Crippen molar-refractivity contribution < 1.29 is 9.47 Å². The summed E-state index contributed by atoms with van der Waals surface area (Å²) in [7, 11) is 0. The zero-order valence-corrected chi connectivity index (χ0v) is 6.55. The van der Waals surface area contributed by atoms with E-state index in [4.69, 9.17) is 9.47 Å². The van der Waals surface area contributed by atoms with Gasteiger partial charge in [0.05, 0.1) is 12.2 Å². The molecule has 1 radical (unpaired) electrons. The van der Waals surface area contributed by atoms with Crippen molar-refractivity contribution in [3.05, 3.63) is 6.79 Å². The highest BCUT2D eigenvalue weighted by molar-refractivity contribution is 4.41. The molecule has 0 heterocycles. The Balaban J connectivity index is 2.91. The SMILES string of the molecule is CC(C)O[CH]OC(C)C. The van der Waals surface area contributed by atoms with Gasteiger partial charge in [0.25, 0.3) is 0 Å². The Morgan fingerprint density at radius 2 is 1.22 bits per heavy atom. The fourth-order valence-electron chi connectivity index (χ4n) is 0.254. The highest BCUT2D eigenvalue weighted by Gasteiger charge is 1.95. The summed E-state index contributed by atoms with van der Waals surface area (Å²) in [4.78, 5) is 0. The second kappa shape index (κ2) is 4.77. The van der Waals surface area contributed by atoms with Gasteiger partial charge in [-0.15, -0.1) is 0 Å². The third kappa shape index (κ3) is 7.92. The van der Waals surface area contributed by atoms with E-state index in [1.54, 1.807) is 0 Å². The van der Waals surface area contributed by atoms with Gasteiger partial charge in [0, 0.05) is 0 Å². The molecule has 0 spiro atoms. The maximum Gasteiger partial charge on any atom is 0.209 e. The van der Waals surface area contributed by atoms with Crippen molar-refractivity contribution in [2.24, 2.45) is 0 Å². The molecule has 0 N–H and O–H groups in total. The van der Waals surface area contributed by atoms with E-state index in [-0.39, 0.29) is 12.2 Å². The first kappa shape index (κ1) is 8.92. The molecule has 0 saturated carbocycles. The van der Waals surface area contributed by atoms with Crippen molar-refractivity contribution in [3.63, 3.8) is 0 Å². The molecule has 2 heteroatoms. The summed E-state index contributed by atoms with van der Waals surface area (Å²) in [6, 6.07) is 0. The highest BCUT2D eigenvalue weighted by Crippen LogP contribution is 1.96. The Hall–Kier alpha value is -0.0800. The molecule has 0 saturated heterocycles. The summed E-state index contributed by atoms with van der Waals surface area (Å²) in [5.41, 5.74) is 0. The lowest BCUT2D eigenvalue weighted by Gasteiger charge is -2.08. The smallest absolute Gasteiger partial charge is 0.209 e. The highest BCUT2D eigenvalue weighted by atomic mass is 16.7. The minimum absolute atomic E-state index is 0.212. The summed E-state index contributed by atoms with van der Waals surface area (Å²) in [5, 5.41) is 0. The molecule has 9 heavy (non-hydrogen) atoms. The first-order valence-electron chi connectivity index (χ1n) is 3.25. The van der Waals surface area contributed by atoms with Crippen molar-refractivity contribution in [2.45, 2.75) is 39.9 Å². The van der Waals surface area contributed by atoms with Crippen LogP contribution in [0.25, 0.3) is 0 Å². The molecule has 0 rings (SSSR count). The van der Waals surface area contributed by atoms with Gasteiger partial charge >= 0.3 is 0 Å². The molecular formula is C7H15O2.